The molecular formula is C20H28N2O5. The number of rotatable bonds is 8. The van der Waals surface area contributed by atoms with Crippen LogP contribution in [0.4, 0.5) is 0 Å². The van der Waals surface area contributed by atoms with Gasteiger partial charge in [-0.3, -0.25) is 14.4 Å². The smallest absolute Gasteiger partial charge is 0.309 e. The first-order chi connectivity index (χ1) is 13.0. The van der Waals surface area contributed by atoms with Crippen LogP contribution in [-0.2, 0) is 25.7 Å². The van der Waals surface area contributed by atoms with Gasteiger partial charge >= 0.3 is 5.97 Å². The fourth-order valence-corrected chi connectivity index (χ4v) is 3.07. The van der Waals surface area contributed by atoms with Crippen LogP contribution in [-0.4, -0.2) is 49.5 Å². The molecule has 0 radical (unpaired) electrons. The summed E-state index contributed by atoms with van der Waals surface area (Å²) in [6.45, 7) is 3.63. The molecule has 0 saturated carbocycles. The van der Waals surface area contributed by atoms with Gasteiger partial charge in [-0.05, 0) is 37.5 Å². The lowest BCUT2D eigenvalue weighted by molar-refractivity contribution is -0.151. The molecule has 2 amide bonds. The number of hydrogen-bond acceptors (Lipinski definition) is 5. The Morgan fingerprint density at radius 3 is 2.59 bits per heavy atom. The van der Waals surface area contributed by atoms with Crippen molar-refractivity contribution in [2.75, 3.05) is 26.8 Å². The number of nitrogens with zero attached hydrogens (tertiary/aromatic N) is 1. The van der Waals surface area contributed by atoms with Crippen molar-refractivity contribution in [2.24, 2.45) is 5.92 Å². The minimum atomic E-state index is -0.179. The molecule has 1 N–H and O–H groups in total. The maximum atomic E-state index is 12.3. The van der Waals surface area contributed by atoms with E-state index in [1.165, 1.54) is 0 Å². The molecule has 1 aliphatic heterocycles. The standard InChI is InChI=1S/C20H28N2O5/c1-3-27-20(25)16-9-11-22(12-10-16)19(24)8-7-18(23)21-14-15-5-4-6-17(13-15)26-2/h4-6,13,16H,3,7-12,14H2,1-2H3,(H,21,23). The van der Waals surface area contributed by atoms with E-state index in [1.54, 1.807) is 18.9 Å². The second-order valence-corrected chi connectivity index (χ2v) is 6.54. The molecule has 1 fully saturated rings. The Kier molecular flexibility index (Phi) is 8.10. The molecule has 7 nitrogen and oxygen atoms in total. The largest absolute Gasteiger partial charge is 0.497 e. The van der Waals surface area contributed by atoms with Gasteiger partial charge in [0.25, 0.3) is 0 Å². The molecule has 148 valence electrons. The van der Waals surface area contributed by atoms with Gasteiger partial charge in [0, 0.05) is 32.5 Å². The van der Waals surface area contributed by atoms with Crippen molar-refractivity contribution in [3.63, 3.8) is 0 Å². The summed E-state index contributed by atoms with van der Waals surface area (Å²) >= 11 is 0. The van der Waals surface area contributed by atoms with Crippen molar-refractivity contribution in [2.45, 2.75) is 39.2 Å². The predicted molar refractivity (Wildman–Crippen MR) is 100 cm³/mol. The topological polar surface area (TPSA) is 84.9 Å². The maximum absolute atomic E-state index is 12.3. The summed E-state index contributed by atoms with van der Waals surface area (Å²) in [6, 6.07) is 7.47. The molecule has 1 aliphatic rings. The summed E-state index contributed by atoms with van der Waals surface area (Å²) in [6.07, 6.45) is 1.56. The highest BCUT2D eigenvalue weighted by atomic mass is 16.5. The first kappa shape index (κ1) is 20.7. The maximum Gasteiger partial charge on any atom is 0.309 e. The van der Waals surface area contributed by atoms with E-state index in [2.05, 4.69) is 5.32 Å². The van der Waals surface area contributed by atoms with E-state index in [0.717, 1.165) is 11.3 Å². The summed E-state index contributed by atoms with van der Waals surface area (Å²) in [5, 5.41) is 2.82. The highest BCUT2D eigenvalue weighted by Gasteiger charge is 2.28. The Hall–Kier alpha value is -2.57. The van der Waals surface area contributed by atoms with Crippen LogP contribution in [0, 0.1) is 5.92 Å². The Bertz CT molecular complexity index is 654. The van der Waals surface area contributed by atoms with E-state index in [-0.39, 0.29) is 36.5 Å². The zero-order valence-corrected chi connectivity index (χ0v) is 16.0. The molecule has 1 saturated heterocycles. The number of carbonyl (C=O) groups is 3. The lowest BCUT2D eigenvalue weighted by Gasteiger charge is -2.30. The second kappa shape index (κ2) is 10.5. The lowest BCUT2D eigenvalue weighted by Crippen LogP contribution is -2.41. The van der Waals surface area contributed by atoms with Crippen molar-refractivity contribution >= 4 is 17.8 Å². The van der Waals surface area contributed by atoms with Crippen LogP contribution in [0.2, 0.25) is 0 Å². The van der Waals surface area contributed by atoms with E-state index in [9.17, 15) is 14.4 Å². The van der Waals surface area contributed by atoms with Crippen LogP contribution >= 0.6 is 0 Å². The van der Waals surface area contributed by atoms with Gasteiger partial charge in [-0.25, -0.2) is 0 Å². The Morgan fingerprint density at radius 2 is 1.93 bits per heavy atom. The first-order valence-corrected chi connectivity index (χ1v) is 9.37. The molecule has 7 heteroatoms. The number of piperidine rings is 1. The molecule has 0 aliphatic carbocycles. The van der Waals surface area contributed by atoms with Crippen LogP contribution in [0.15, 0.2) is 24.3 Å². The number of methoxy groups -OCH3 is 1. The monoisotopic (exact) mass is 376 g/mol. The second-order valence-electron chi connectivity index (χ2n) is 6.54. The number of nitrogens with one attached hydrogen (secondary N) is 1. The number of benzene rings is 1. The van der Waals surface area contributed by atoms with Gasteiger partial charge in [0.2, 0.25) is 11.8 Å². The molecule has 1 heterocycles. The zero-order chi connectivity index (χ0) is 19.6. The number of esters is 1. The minimum absolute atomic E-state index is 0.0474. The van der Waals surface area contributed by atoms with Crippen molar-refractivity contribution in [3.8, 4) is 5.75 Å². The van der Waals surface area contributed by atoms with E-state index < -0.39 is 0 Å². The molecule has 27 heavy (non-hydrogen) atoms. The summed E-state index contributed by atoms with van der Waals surface area (Å²) in [7, 11) is 1.60. The third-order valence-corrected chi connectivity index (χ3v) is 4.66. The van der Waals surface area contributed by atoms with Crippen molar-refractivity contribution < 1.29 is 23.9 Å². The first-order valence-electron chi connectivity index (χ1n) is 9.37. The fraction of sp³-hybridized carbons (Fsp3) is 0.550. The van der Waals surface area contributed by atoms with Crippen LogP contribution in [0.1, 0.15) is 38.2 Å². The van der Waals surface area contributed by atoms with E-state index >= 15 is 0 Å². The van der Waals surface area contributed by atoms with Gasteiger partial charge in [0.15, 0.2) is 0 Å². The number of amides is 2. The van der Waals surface area contributed by atoms with E-state index in [0.29, 0.717) is 39.1 Å². The molecule has 0 unspecified atom stereocenters. The Labute approximate surface area is 160 Å². The van der Waals surface area contributed by atoms with Crippen LogP contribution < -0.4 is 10.1 Å². The molecule has 0 bridgehead atoms. The number of ether oxygens (including phenoxy) is 2. The number of carbonyl (C=O) groups excluding carboxylic acids is 3. The van der Waals surface area contributed by atoms with E-state index in [1.807, 2.05) is 24.3 Å². The van der Waals surface area contributed by atoms with Gasteiger partial charge in [0.05, 0.1) is 19.6 Å². The molecule has 0 aromatic heterocycles. The summed E-state index contributed by atoms with van der Waals surface area (Å²) in [5.74, 6) is 0.228. The van der Waals surface area contributed by atoms with Crippen molar-refractivity contribution in [1.82, 2.24) is 10.2 Å². The normalized spacial score (nSPS) is 14.5. The molecule has 0 atom stereocenters. The highest BCUT2D eigenvalue weighted by Crippen LogP contribution is 2.19. The van der Waals surface area contributed by atoms with Crippen LogP contribution in [0.25, 0.3) is 0 Å². The molecule has 2 rings (SSSR count). The van der Waals surface area contributed by atoms with Crippen LogP contribution in [0.3, 0.4) is 0 Å². The van der Waals surface area contributed by atoms with Gasteiger partial charge in [0.1, 0.15) is 5.75 Å². The van der Waals surface area contributed by atoms with Crippen LogP contribution in [0.5, 0.6) is 5.75 Å². The van der Waals surface area contributed by atoms with Gasteiger partial charge < -0.3 is 19.7 Å². The predicted octanol–water partition coefficient (Wildman–Crippen LogP) is 1.89. The average molecular weight is 376 g/mol. The van der Waals surface area contributed by atoms with E-state index in [4.69, 9.17) is 9.47 Å². The van der Waals surface area contributed by atoms with Crippen molar-refractivity contribution in [1.29, 1.82) is 0 Å². The lowest BCUT2D eigenvalue weighted by atomic mass is 9.96. The fourth-order valence-electron chi connectivity index (χ4n) is 3.07. The zero-order valence-electron chi connectivity index (χ0n) is 16.0. The Morgan fingerprint density at radius 1 is 1.19 bits per heavy atom. The molecule has 1 aromatic rings. The summed E-state index contributed by atoms with van der Waals surface area (Å²) in [5.41, 5.74) is 0.940. The minimum Gasteiger partial charge on any atom is -0.497 e. The summed E-state index contributed by atoms with van der Waals surface area (Å²) in [4.78, 5) is 37.7. The Balaban J connectivity index is 1.68. The molecule has 1 aromatic carbocycles. The average Bonchev–Trinajstić information content (AvgIpc) is 2.71. The highest BCUT2D eigenvalue weighted by molar-refractivity contribution is 5.84. The van der Waals surface area contributed by atoms with Crippen molar-refractivity contribution in [3.05, 3.63) is 29.8 Å². The SMILES string of the molecule is CCOC(=O)C1CCN(C(=O)CCC(=O)NCc2cccc(OC)c2)CC1. The number of likely N-dealkylation sites (tertiary alicyclic amines) is 1. The molecule has 0 spiro atoms. The third-order valence-electron chi connectivity index (χ3n) is 4.66. The van der Waals surface area contributed by atoms with Gasteiger partial charge in [-0.15, -0.1) is 0 Å². The van der Waals surface area contributed by atoms with Gasteiger partial charge in [-0.1, -0.05) is 12.1 Å². The quantitative estimate of drug-likeness (QED) is 0.701. The summed E-state index contributed by atoms with van der Waals surface area (Å²) < 4.78 is 10.2. The molecular weight excluding hydrogens is 348 g/mol. The van der Waals surface area contributed by atoms with Gasteiger partial charge in [-0.2, -0.15) is 0 Å². The number of hydrogen-bond donors (Lipinski definition) is 1. The third kappa shape index (κ3) is 6.58.